The van der Waals surface area contributed by atoms with Crippen LogP contribution < -0.4 is 10.6 Å². The summed E-state index contributed by atoms with van der Waals surface area (Å²) in [5.41, 5.74) is 6.61. The maximum absolute atomic E-state index is 12.2. The molecular weight excluding hydrogens is 262 g/mol. The number of hydrogen-bond acceptors (Lipinski definition) is 5. The average Bonchev–Trinajstić information content (AvgIpc) is 2.83. The van der Waals surface area contributed by atoms with Crippen LogP contribution in [0, 0.1) is 6.92 Å². The first kappa shape index (κ1) is 13.6. The molecule has 1 heterocycles. The largest absolute Gasteiger partial charge is 0.478 e. The van der Waals surface area contributed by atoms with Gasteiger partial charge in [-0.05, 0) is 25.1 Å². The summed E-state index contributed by atoms with van der Waals surface area (Å²) in [5.74, 6) is -1.61. The third-order valence-corrected chi connectivity index (χ3v) is 2.76. The highest BCUT2D eigenvalue weighted by atomic mass is 16.5. The molecule has 0 atom stereocenters. The Kier molecular flexibility index (Phi) is 3.43. The van der Waals surface area contributed by atoms with Gasteiger partial charge in [-0.15, -0.1) is 0 Å². The van der Waals surface area contributed by atoms with Gasteiger partial charge in [-0.2, -0.15) is 0 Å². The fraction of sp³-hybridized carbons (Fsp3) is 0.154. The zero-order valence-corrected chi connectivity index (χ0v) is 11.0. The lowest BCUT2D eigenvalue weighted by atomic mass is 10.1. The van der Waals surface area contributed by atoms with Gasteiger partial charge in [-0.3, -0.25) is 4.79 Å². The van der Waals surface area contributed by atoms with Gasteiger partial charge in [0.25, 0.3) is 5.91 Å². The van der Waals surface area contributed by atoms with Crippen molar-refractivity contribution in [2.24, 2.45) is 0 Å². The number of carbonyl (C=O) groups excluding carboxylic acids is 1. The van der Waals surface area contributed by atoms with Crippen LogP contribution in [-0.2, 0) is 0 Å². The van der Waals surface area contributed by atoms with E-state index in [1.165, 1.54) is 36.2 Å². The van der Waals surface area contributed by atoms with E-state index in [2.05, 4.69) is 5.16 Å². The number of benzene rings is 1. The molecule has 1 amide bonds. The van der Waals surface area contributed by atoms with E-state index in [4.69, 9.17) is 15.4 Å². The molecule has 104 valence electrons. The van der Waals surface area contributed by atoms with E-state index in [9.17, 15) is 9.59 Å². The van der Waals surface area contributed by atoms with Crippen molar-refractivity contribution < 1.29 is 19.2 Å². The standard InChI is InChI=1S/C13H13N3O4/c1-7-5-11(20-15-7)12(17)16(2)10-4-3-8(14)6-9(10)13(18)19/h3-6H,14H2,1-2H3,(H,18,19). The second-order valence-corrected chi connectivity index (χ2v) is 4.28. The molecule has 0 saturated heterocycles. The number of anilines is 2. The summed E-state index contributed by atoms with van der Waals surface area (Å²) >= 11 is 0. The summed E-state index contributed by atoms with van der Waals surface area (Å²) in [5, 5.41) is 12.8. The minimum absolute atomic E-state index is 0.0400. The van der Waals surface area contributed by atoms with E-state index in [1.54, 1.807) is 6.92 Å². The highest BCUT2D eigenvalue weighted by Gasteiger charge is 2.22. The Morgan fingerprint density at radius 3 is 2.60 bits per heavy atom. The quantitative estimate of drug-likeness (QED) is 0.822. The maximum atomic E-state index is 12.2. The Hall–Kier alpha value is -2.83. The van der Waals surface area contributed by atoms with Crippen LogP contribution in [0.25, 0.3) is 0 Å². The van der Waals surface area contributed by atoms with Crippen molar-refractivity contribution in [1.82, 2.24) is 5.16 Å². The zero-order valence-electron chi connectivity index (χ0n) is 11.0. The van der Waals surface area contributed by atoms with E-state index in [-0.39, 0.29) is 17.0 Å². The van der Waals surface area contributed by atoms with E-state index < -0.39 is 11.9 Å². The van der Waals surface area contributed by atoms with Gasteiger partial charge in [0, 0.05) is 18.8 Å². The number of carboxylic acid groups (broad SMARTS) is 1. The van der Waals surface area contributed by atoms with Crippen LogP contribution in [0.5, 0.6) is 0 Å². The highest BCUT2D eigenvalue weighted by molar-refractivity contribution is 6.08. The molecule has 3 N–H and O–H groups in total. The van der Waals surface area contributed by atoms with Gasteiger partial charge in [0.05, 0.1) is 16.9 Å². The summed E-state index contributed by atoms with van der Waals surface area (Å²) < 4.78 is 4.88. The number of nitrogens with two attached hydrogens (primary N) is 1. The molecule has 0 aliphatic carbocycles. The van der Waals surface area contributed by atoms with Crippen molar-refractivity contribution in [1.29, 1.82) is 0 Å². The van der Waals surface area contributed by atoms with E-state index in [1.807, 2.05) is 0 Å². The number of aryl methyl sites for hydroxylation is 1. The molecule has 7 nitrogen and oxygen atoms in total. The number of nitrogens with zero attached hydrogens (tertiary/aromatic N) is 2. The van der Waals surface area contributed by atoms with Crippen LogP contribution in [0.3, 0.4) is 0 Å². The van der Waals surface area contributed by atoms with Crippen LogP contribution in [0.4, 0.5) is 11.4 Å². The minimum Gasteiger partial charge on any atom is -0.478 e. The summed E-state index contributed by atoms with van der Waals surface area (Å²) in [6, 6.07) is 5.78. The summed E-state index contributed by atoms with van der Waals surface area (Å²) in [7, 11) is 1.46. The normalized spacial score (nSPS) is 10.3. The van der Waals surface area contributed by atoms with Gasteiger partial charge in [0.15, 0.2) is 0 Å². The number of rotatable bonds is 3. The second-order valence-electron chi connectivity index (χ2n) is 4.28. The van der Waals surface area contributed by atoms with Crippen LogP contribution in [0.1, 0.15) is 26.6 Å². The SMILES string of the molecule is Cc1cc(C(=O)N(C)c2ccc(N)cc2C(=O)O)on1. The molecule has 0 bridgehead atoms. The first-order chi connectivity index (χ1) is 9.40. The molecule has 0 radical (unpaired) electrons. The van der Waals surface area contributed by atoms with Crippen molar-refractivity contribution in [2.75, 3.05) is 17.7 Å². The molecule has 0 saturated carbocycles. The van der Waals surface area contributed by atoms with Gasteiger partial charge >= 0.3 is 5.97 Å². The van der Waals surface area contributed by atoms with E-state index >= 15 is 0 Å². The Balaban J connectivity index is 2.40. The van der Waals surface area contributed by atoms with Gasteiger partial charge < -0.3 is 20.3 Å². The number of carboxylic acids is 1. The van der Waals surface area contributed by atoms with Gasteiger partial charge in [-0.25, -0.2) is 4.79 Å². The molecule has 2 rings (SSSR count). The van der Waals surface area contributed by atoms with Gasteiger partial charge in [0.2, 0.25) is 5.76 Å². The Labute approximate surface area is 114 Å². The number of amides is 1. The van der Waals surface area contributed by atoms with E-state index in [0.717, 1.165) is 0 Å². The minimum atomic E-state index is -1.17. The van der Waals surface area contributed by atoms with Crippen molar-refractivity contribution in [2.45, 2.75) is 6.92 Å². The van der Waals surface area contributed by atoms with Crippen LogP contribution >= 0.6 is 0 Å². The van der Waals surface area contributed by atoms with Crippen molar-refractivity contribution >= 4 is 23.3 Å². The predicted octanol–water partition coefficient (Wildman–Crippen LogP) is 1.54. The molecule has 0 fully saturated rings. The molecule has 2 aromatic rings. The van der Waals surface area contributed by atoms with Crippen LogP contribution in [-0.4, -0.2) is 29.2 Å². The lowest BCUT2D eigenvalue weighted by Crippen LogP contribution is -2.27. The topological polar surface area (TPSA) is 110 Å². The molecule has 1 aromatic heterocycles. The maximum Gasteiger partial charge on any atom is 0.337 e. The third-order valence-electron chi connectivity index (χ3n) is 2.76. The molecule has 0 aliphatic rings. The van der Waals surface area contributed by atoms with Crippen LogP contribution in [0.15, 0.2) is 28.8 Å². The zero-order chi connectivity index (χ0) is 14.9. The molecule has 7 heteroatoms. The lowest BCUT2D eigenvalue weighted by molar-refractivity contribution is 0.0697. The molecule has 1 aromatic carbocycles. The van der Waals surface area contributed by atoms with Crippen molar-refractivity contribution in [3.63, 3.8) is 0 Å². The third kappa shape index (κ3) is 2.46. The van der Waals surface area contributed by atoms with Crippen molar-refractivity contribution in [3.8, 4) is 0 Å². The first-order valence-corrected chi connectivity index (χ1v) is 5.74. The molecule has 0 spiro atoms. The molecule has 20 heavy (non-hydrogen) atoms. The molecular formula is C13H13N3O4. The lowest BCUT2D eigenvalue weighted by Gasteiger charge is -2.18. The summed E-state index contributed by atoms with van der Waals surface area (Å²) in [6.07, 6.45) is 0. The van der Waals surface area contributed by atoms with Crippen molar-refractivity contribution in [3.05, 3.63) is 41.3 Å². The summed E-state index contributed by atoms with van der Waals surface area (Å²) in [4.78, 5) is 24.6. The van der Waals surface area contributed by atoms with Gasteiger partial charge in [-0.1, -0.05) is 5.16 Å². The average molecular weight is 275 g/mol. The molecule has 0 unspecified atom stereocenters. The highest BCUT2D eigenvalue weighted by Crippen LogP contribution is 2.24. The number of aromatic carboxylic acids is 1. The monoisotopic (exact) mass is 275 g/mol. The second kappa shape index (κ2) is 5.04. The number of hydrogen-bond donors (Lipinski definition) is 2. The number of carbonyl (C=O) groups is 2. The fourth-order valence-corrected chi connectivity index (χ4v) is 1.76. The first-order valence-electron chi connectivity index (χ1n) is 5.74. The molecule has 0 aliphatic heterocycles. The smallest absolute Gasteiger partial charge is 0.337 e. The van der Waals surface area contributed by atoms with E-state index in [0.29, 0.717) is 11.4 Å². The Morgan fingerprint density at radius 2 is 2.05 bits per heavy atom. The Morgan fingerprint density at radius 1 is 1.35 bits per heavy atom. The van der Waals surface area contributed by atoms with Crippen LogP contribution in [0.2, 0.25) is 0 Å². The fourth-order valence-electron chi connectivity index (χ4n) is 1.76. The number of nitrogen functional groups attached to an aromatic ring is 1. The Bertz CT molecular complexity index is 678. The summed E-state index contributed by atoms with van der Waals surface area (Å²) in [6.45, 7) is 1.69. The van der Waals surface area contributed by atoms with Gasteiger partial charge in [0.1, 0.15) is 0 Å². The predicted molar refractivity (Wildman–Crippen MR) is 71.8 cm³/mol. The number of aromatic nitrogens is 1.